The van der Waals surface area contributed by atoms with Gasteiger partial charge in [-0.1, -0.05) is 47.9 Å². The van der Waals surface area contributed by atoms with Crippen LogP contribution < -0.4 is 5.32 Å². The molecule has 1 amide bonds. The third kappa shape index (κ3) is 4.19. The molecule has 0 unspecified atom stereocenters. The summed E-state index contributed by atoms with van der Waals surface area (Å²) in [5.74, 6) is 1.55. The van der Waals surface area contributed by atoms with E-state index >= 15 is 0 Å². The van der Waals surface area contributed by atoms with Gasteiger partial charge in [0.1, 0.15) is 11.0 Å². The Morgan fingerprint density at radius 1 is 1.14 bits per heavy atom. The molecule has 2 aromatic heterocycles. The van der Waals surface area contributed by atoms with Gasteiger partial charge in [0.05, 0.1) is 24.3 Å². The number of hydrogen-bond donors (Lipinski definition) is 1. The minimum Gasteiger partial charge on any atom is -0.345 e. The molecular formula is C21H25ClN6O. The van der Waals surface area contributed by atoms with E-state index in [1.807, 2.05) is 19.1 Å². The zero-order valence-electron chi connectivity index (χ0n) is 16.8. The first-order valence-corrected chi connectivity index (χ1v) is 10.4. The van der Waals surface area contributed by atoms with Crippen molar-refractivity contribution in [1.29, 1.82) is 0 Å². The second-order valence-corrected chi connectivity index (χ2v) is 7.93. The maximum absolute atomic E-state index is 12.8. The molecule has 1 aliphatic heterocycles. The van der Waals surface area contributed by atoms with Crippen LogP contribution in [-0.2, 0) is 26.1 Å². The molecule has 0 spiro atoms. The van der Waals surface area contributed by atoms with Gasteiger partial charge in [-0.2, -0.15) is 5.10 Å². The number of fused-ring (bicyclic) bond motifs is 1. The van der Waals surface area contributed by atoms with E-state index in [1.54, 1.807) is 11.6 Å². The van der Waals surface area contributed by atoms with E-state index in [9.17, 15) is 4.79 Å². The molecule has 3 heterocycles. The highest BCUT2D eigenvalue weighted by atomic mass is 35.5. The third-order valence-corrected chi connectivity index (χ3v) is 5.72. The molecule has 4 rings (SSSR count). The lowest BCUT2D eigenvalue weighted by Crippen LogP contribution is -2.25. The smallest absolute Gasteiger partial charge is 0.256 e. The molecule has 0 aliphatic carbocycles. The Morgan fingerprint density at radius 3 is 2.72 bits per heavy atom. The number of nitrogens with zero attached hydrogens (tertiary/aromatic N) is 5. The minimum absolute atomic E-state index is 0.242. The summed E-state index contributed by atoms with van der Waals surface area (Å²) in [5.41, 5.74) is 3.30. The van der Waals surface area contributed by atoms with Gasteiger partial charge in [-0.05, 0) is 32.3 Å². The van der Waals surface area contributed by atoms with Gasteiger partial charge in [-0.25, -0.2) is 4.68 Å². The molecule has 3 aromatic rings. The second kappa shape index (κ2) is 8.37. The predicted molar refractivity (Wildman–Crippen MR) is 111 cm³/mol. The maximum Gasteiger partial charge on any atom is 0.256 e. The summed E-state index contributed by atoms with van der Waals surface area (Å²) in [6.07, 6.45) is 4.39. The summed E-state index contributed by atoms with van der Waals surface area (Å²) >= 11 is 6.51. The fraction of sp³-hybridized carbons (Fsp3) is 0.429. The molecule has 152 valence electrons. The average molecular weight is 413 g/mol. The van der Waals surface area contributed by atoms with Crippen LogP contribution >= 0.6 is 11.6 Å². The van der Waals surface area contributed by atoms with E-state index in [1.165, 1.54) is 12.0 Å². The summed E-state index contributed by atoms with van der Waals surface area (Å²) in [5, 5.41) is 16.3. The van der Waals surface area contributed by atoms with E-state index < -0.39 is 0 Å². The normalized spacial score (nSPS) is 13.8. The van der Waals surface area contributed by atoms with Gasteiger partial charge in [-0.3, -0.25) is 4.79 Å². The number of amides is 1. The quantitative estimate of drug-likeness (QED) is 0.696. The summed E-state index contributed by atoms with van der Waals surface area (Å²) < 4.78 is 3.79. The Morgan fingerprint density at radius 2 is 1.93 bits per heavy atom. The van der Waals surface area contributed by atoms with Crippen LogP contribution in [0.25, 0.3) is 0 Å². The van der Waals surface area contributed by atoms with Gasteiger partial charge >= 0.3 is 0 Å². The zero-order valence-corrected chi connectivity index (χ0v) is 17.5. The van der Waals surface area contributed by atoms with E-state index in [2.05, 4.69) is 37.3 Å². The first-order valence-electron chi connectivity index (χ1n) is 10.0. The van der Waals surface area contributed by atoms with Crippen LogP contribution in [0.15, 0.2) is 24.3 Å². The average Bonchev–Trinajstić information content (AvgIpc) is 3.10. The fourth-order valence-corrected chi connectivity index (χ4v) is 4.03. The topological polar surface area (TPSA) is 77.6 Å². The molecule has 0 saturated heterocycles. The number of nitrogens with one attached hydrogen (secondary N) is 1. The van der Waals surface area contributed by atoms with Crippen molar-refractivity contribution in [3.8, 4) is 0 Å². The predicted octanol–water partition coefficient (Wildman–Crippen LogP) is 3.45. The number of carbonyl (C=O) groups excluding carboxylic acids is 1. The van der Waals surface area contributed by atoms with Crippen molar-refractivity contribution in [2.24, 2.45) is 0 Å². The van der Waals surface area contributed by atoms with Gasteiger partial charge < -0.3 is 9.88 Å². The van der Waals surface area contributed by atoms with Crippen molar-refractivity contribution in [3.63, 3.8) is 0 Å². The Kier molecular flexibility index (Phi) is 5.67. The lowest BCUT2D eigenvalue weighted by atomic mass is 10.1. The van der Waals surface area contributed by atoms with Gasteiger partial charge in [0, 0.05) is 13.0 Å². The van der Waals surface area contributed by atoms with Gasteiger partial charge in [-0.15, -0.1) is 10.2 Å². The Hall–Kier alpha value is -2.67. The number of halogens is 1. The van der Waals surface area contributed by atoms with Crippen LogP contribution in [0, 0.1) is 13.8 Å². The molecule has 0 fully saturated rings. The van der Waals surface area contributed by atoms with E-state index in [4.69, 9.17) is 11.6 Å². The summed E-state index contributed by atoms with van der Waals surface area (Å²) in [6, 6.07) is 8.18. The number of aryl methyl sites for hydroxylation is 3. The molecule has 0 bridgehead atoms. The Labute approximate surface area is 175 Å². The molecular weight excluding hydrogens is 388 g/mol. The largest absolute Gasteiger partial charge is 0.345 e. The van der Waals surface area contributed by atoms with Crippen molar-refractivity contribution in [3.05, 3.63) is 63.5 Å². The van der Waals surface area contributed by atoms with E-state index in [0.717, 1.165) is 43.0 Å². The summed E-state index contributed by atoms with van der Waals surface area (Å²) in [7, 11) is 0. The Bertz CT molecular complexity index is 1020. The molecule has 29 heavy (non-hydrogen) atoms. The summed E-state index contributed by atoms with van der Waals surface area (Å²) in [6.45, 7) is 5.60. The van der Waals surface area contributed by atoms with E-state index in [-0.39, 0.29) is 5.91 Å². The number of aromatic nitrogens is 5. The van der Waals surface area contributed by atoms with Crippen LogP contribution in [0.4, 0.5) is 0 Å². The van der Waals surface area contributed by atoms with Crippen molar-refractivity contribution in [2.45, 2.75) is 59.2 Å². The highest BCUT2D eigenvalue weighted by Crippen LogP contribution is 2.21. The van der Waals surface area contributed by atoms with Crippen molar-refractivity contribution < 1.29 is 4.79 Å². The van der Waals surface area contributed by atoms with Crippen LogP contribution in [0.5, 0.6) is 0 Å². The standard InChI is InChI=1S/C21H25ClN6O/c1-14-7-9-16(10-8-14)13-28-20(22)19(15(2)26-28)21(29)23-12-18-25-24-17-6-4-3-5-11-27(17)18/h7-10H,3-6,11-13H2,1-2H3,(H,23,29). The molecule has 1 aliphatic rings. The van der Waals surface area contributed by atoms with Gasteiger partial charge in [0.15, 0.2) is 5.82 Å². The number of hydrogen-bond acceptors (Lipinski definition) is 4. The van der Waals surface area contributed by atoms with Crippen LogP contribution in [0.1, 0.15) is 58.1 Å². The zero-order chi connectivity index (χ0) is 20.4. The lowest BCUT2D eigenvalue weighted by molar-refractivity contribution is 0.0949. The van der Waals surface area contributed by atoms with Gasteiger partial charge in [0.25, 0.3) is 5.91 Å². The maximum atomic E-state index is 12.8. The first kappa shape index (κ1) is 19.6. The van der Waals surface area contributed by atoms with Crippen LogP contribution in [-0.4, -0.2) is 30.5 Å². The van der Waals surface area contributed by atoms with Crippen molar-refractivity contribution >= 4 is 17.5 Å². The van der Waals surface area contributed by atoms with Crippen LogP contribution in [0.3, 0.4) is 0 Å². The first-order chi connectivity index (χ1) is 14.0. The molecule has 7 nitrogen and oxygen atoms in total. The number of benzene rings is 1. The highest BCUT2D eigenvalue weighted by Gasteiger charge is 2.21. The molecule has 0 atom stereocenters. The highest BCUT2D eigenvalue weighted by molar-refractivity contribution is 6.33. The molecule has 8 heteroatoms. The van der Waals surface area contributed by atoms with Crippen LogP contribution in [0.2, 0.25) is 5.15 Å². The molecule has 1 aromatic carbocycles. The molecule has 0 saturated carbocycles. The van der Waals surface area contributed by atoms with Gasteiger partial charge in [0.2, 0.25) is 0 Å². The number of carbonyl (C=O) groups is 1. The minimum atomic E-state index is -0.242. The Balaban J connectivity index is 1.47. The van der Waals surface area contributed by atoms with Crippen molar-refractivity contribution in [1.82, 2.24) is 29.9 Å². The van der Waals surface area contributed by atoms with E-state index in [0.29, 0.717) is 29.5 Å². The lowest BCUT2D eigenvalue weighted by Gasteiger charge is -2.08. The summed E-state index contributed by atoms with van der Waals surface area (Å²) in [4.78, 5) is 12.8. The number of rotatable bonds is 5. The third-order valence-electron chi connectivity index (χ3n) is 5.34. The monoisotopic (exact) mass is 412 g/mol. The fourth-order valence-electron chi connectivity index (χ4n) is 3.71. The second-order valence-electron chi connectivity index (χ2n) is 7.57. The van der Waals surface area contributed by atoms with Crippen molar-refractivity contribution in [2.75, 3.05) is 0 Å². The molecule has 1 N–H and O–H groups in total. The molecule has 0 radical (unpaired) electrons. The SMILES string of the molecule is Cc1ccc(Cn2nc(C)c(C(=O)NCc3nnc4n3CCCCC4)c2Cl)cc1.